The predicted molar refractivity (Wildman–Crippen MR) is 58.1 cm³/mol. The lowest BCUT2D eigenvalue weighted by Crippen LogP contribution is -2.38. The first-order valence-electron chi connectivity index (χ1n) is 4.76. The summed E-state index contributed by atoms with van der Waals surface area (Å²) < 4.78 is 5.22. The first kappa shape index (κ1) is 9.81. The Kier molecular flexibility index (Phi) is 2.66. The Morgan fingerprint density at radius 3 is 3.00 bits per heavy atom. The molecule has 0 saturated heterocycles. The van der Waals surface area contributed by atoms with E-state index in [1.54, 1.807) is 7.11 Å². The molecule has 0 aromatic heterocycles. The quantitative estimate of drug-likeness (QED) is 0.719. The van der Waals surface area contributed by atoms with Crippen LogP contribution in [-0.4, -0.2) is 19.7 Å². The summed E-state index contributed by atoms with van der Waals surface area (Å²) in [5.41, 5.74) is 2.40. The van der Waals surface area contributed by atoms with E-state index in [0.717, 1.165) is 23.8 Å². The zero-order chi connectivity index (χ0) is 10.1. The molecule has 14 heavy (non-hydrogen) atoms. The van der Waals surface area contributed by atoms with Crippen molar-refractivity contribution in [1.29, 1.82) is 0 Å². The standard InChI is InChI=1S/C11H14ClNO/c1-7-6-13-10-5-8(14-2)3-4-9(10)11(7)12/h3-4,10,13H,5-6H2,1-2H3. The predicted octanol–water partition coefficient (Wildman–Crippen LogP) is 2.33. The number of nitrogens with one attached hydrogen (secondary N) is 1. The van der Waals surface area contributed by atoms with Crippen molar-refractivity contribution < 1.29 is 4.74 Å². The molecule has 1 aliphatic heterocycles. The van der Waals surface area contributed by atoms with Gasteiger partial charge >= 0.3 is 0 Å². The van der Waals surface area contributed by atoms with Gasteiger partial charge < -0.3 is 10.1 Å². The van der Waals surface area contributed by atoms with E-state index in [1.807, 2.05) is 12.2 Å². The largest absolute Gasteiger partial charge is 0.501 e. The zero-order valence-electron chi connectivity index (χ0n) is 8.43. The van der Waals surface area contributed by atoms with Crippen LogP contribution in [0.15, 0.2) is 34.1 Å². The Morgan fingerprint density at radius 2 is 2.29 bits per heavy atom. The second-order valence-electron chi connectivity index (χ2n) is 3.69. The molecule has 0 aromatic rings. The first-order chi connectivity index (χ1) is 6.72. The Balaban J connectivity index is 2.32. The smallest absolute Gasteiger partial charge is 0.0974 e. The molecule has 0 radical (unpaired) electrons. The molecule has 2 nitrogen and oxygen atoms in total. The molecule has 1 heterocycles. The van der Waals surface area contributed by atoms with E-state index >= 15 is 0 Å². The first-order valence-corrected chi connectivity index (χ1v) is 5.14. The number of methoxy groups -OCH3 is 1. The molecule has 2 rings (SSSR count). The normalized spacial score (nSPS) is 26.6. The van der Waals surface area contributed by atoms with Crippen molar-refractivity contribution in [3.8, 4) is 0 Å². The summed E-state index contributed by atoms with van der Waals surface area (Å²) in [6.45, 7) is 2.93. The highest BCUT2D eigenvalue weighted by Gasteiger charge is 2.25. The van der Waals surface area contributed by atoms with Crippen molar-refractivity contribution >= 4 is 11.6 Å². The highest BCUT2D eigenvalue weighted by Crippen LogP contribution is 2.31. The summed E-state index contributed by atoms with van der Waals surface area (Å²) >= 11 is 6.23. The van der Waals surface area contributed by atoms with Crippen LogP contribution in [0, 0.1) is 0 Å². The van der Waals surface area contributed by atoms with Crippen LogP contribution in [0.4, 0.5) is 0 Å². The highest BCUT2D eigenvalue weighted by molar-refractivity contribution is 6.32. The third-order valence-corrected chi connectivity index (χ3v) is 3.27. The fourth-order valence-corrected chi connectivity index (χ4v) is 2.10. The number of hydrogen-bond acceptors (Lipinski definition) is 2. The minimum Gasteiger partial charge on any atom is -0.501 e. The van der Waals surface area contributed by atoms with Crippen molar-refractivity contribution in [3.63, 3.8) is 0 Å². The third kappa shape index (κ3) is 1.60. The van der Waals surface area contributed by atoms with E-state index < -0.39 is 0 Å². The number of ether oxygens (including phenoxy) is 1. The molecule has 1 atom stereocenters. The van der Waals surface area contributed by atoms with Gasteiger partial charge in [-0.15, -0.1) is 0 Å². The van der Waals surface area contributed by atoms with Gasteiger partial charge in [0.05, 0.1) is 12.9 Å². The summed E-state index contributed by atoms with van der Waals surface area (Å²) in [6, 6.07) is 0.325. The van der Waals surface area contributed by atoms with E-state index in [1.165, 1.54) is 11.1 Å². The highest BCUT2D eigenvalue weighted by atomic mass is 35.5. The second kappa shape index (κ2) is 3.79. The molecule has 76 valence electrons. The van der Waals surface area contributed by atoms with Gasteiger partial charge in [-0.05, 0) is 24.1 Å². The molecule has 0 bridgehead atoms. The molecule has 1 N–H and O–H groups in total. The molecule has 3 heteroatoms. The van der Waals surface area contributed by atoms with E-state index in [4.69, 9.17) is 16.3 Å². The maximum Gasteiger partial charge on any atom is 0.0974 e. The summed E-state index contributed by atoms with van der Waals surface area (Å²) in [6.07, 6.45) is 4.94. The van der Waals surface area contributed by atoms with Gasteiger partial charge in [-0.3, -0.25) is 0 Å². The maximum absolute atomic E-state index is 6.23. The number of hydrogen-bond donors (Lipinski definition) is 1. The minimum absolute atomic E-state index is 0.325. The van der Waals surface area contributed by atoms with Crippen LogP contribution in [0.2, 0.25) is 0 Å². The fourth-order valence-electron chi connectivity index (χ4n) is 1.84. The number of rotatable bonds is 1. The van der Waals surface area contributed by atoms with Crippen LogP contribution in [0.3, 0.4) is 0 Å². The molecule has 0 saturated carbocycles. The van der Waals surface area contributed by atoms with Crippen molar-refractivity contribution in [2.75, 3.05) is 13.7 Å². The van der Waals surface area contributed by atoms with Crippen molar-refractivity contribution in [2.45, 2.75) is 19.4 Å². The molecule has 1 aliphatic carbocycles. The topological polar surface area (TPSA) is 21.3 Å². The Morgan fingerprint density at radius 1 is 1.50 bits per heavy atom. The van der Waals surface area contributed by atoms with Gasteiger partial charge in [-0.2, -0.15) is 0 Å². The summed E-state index contributed by atoms with van der Waals surface area (Å²) in [4.78, 5) is 0. The second-order valence-corrected chi connectivity index (χ2v) is 4.07. The SMILES string of the molecule is COC1=CC=C2C(Cl)=C(C)CNC2C1. The van der Waals surface area contributed by atoms with Gasteiger partial charge in [0.1, 0.15) is 0 Å². The van der Waals surface area contributed by atoms with Crippen LogP contribution in [0.1, 0.15) is 13.3 Å². The molecule has 0 aromatic carbocycles. The van der Waals surface area contributed by atoms with Crippen LogP contribution >= 0.6 is 11.6 Å². The average Bonchev–Trinajstić information content (AvgIpc) is 2.23. The molecular formula is C11H14ClNO. The Hall–Kier alpha value is -0.730. The maximum atomic E-state index is 6.23. The lowest BCUT2D eigenvalue weighted by atomic mass is 9.92. The van der Waals surface area contributed by atoms with Crippen molar-refractivity contribution in [1.82, 2.24) is 5.32 Å². The van der Waals surface area contributed by atoms with E-state index in [0.29, 0.717) is 6.04 Å². The average molecular weight is 212 g/mol. The van der Waals surface area contributed by atoms with Crippen molar-refractivity contribution in [3.05, 3.63) is 34.1 Å². The Bertz CT molecular complexity index is 341. The zero-order valence-corrected chi connectivity index (χ0v) is 9.19. The molecule has 1 unspecified atom stereocenters. The summed E-state index contributed by atoms with van der Waals surface area (Å²) in [7, 11) is 1.70. The van der Waals surface area contributed by atoms with Gasteiger partial charge in [-0.1, -0.05) is 17.7 Å². The molecule has 0 fully saturated rings. The molecule has 0 amide bonds. The number of halogens is 1. The molecule has 0 spiro atoms. The van der Waals surface area contributed by atoms with Crippen molar-refractivity contribution in [2.24, 2.45) is 0 Å². The fraction of sp³-hybridized carbons (Fsp3) is 0.455. The van der Waals surface area contributed by atoms with Crippen LogP contribution < -0.4 is 5.32 Å². The van der Waals surface area contributed by atoms with Crippen LogP contribution in [-0.2, 0) is 4.74 Å². The monoisotopic (exact) mass is 211 g/mol. The number of fused-ring (bicyclic) bond motifs is 1. The van der Waals surface area contributed by atoms with E-state index in [-0.39, 0.29) is 0 Å². The Labute approximate surface area is 89.3 Å². The minimum atomic E-state index is 0.325. The lowest BCUT2D eigenvalue weighted by molar-refractivity contribution is 0.266. The summed E-state index contributed by atoms with van der Waals surface area (Å²) in [5.74, 6) is 1.01. The van der Waals surface area contributed by atoms with Crippen LogP contribution in [0.5, 0.6) is 0 Å². The van der Waals surface area contributed by atoms with Gasteiger partial charge in [0, 0.05) is 24.0 Å². The van der Waals surface area contributed by atoms with Gasteiger partial charge in [0.15, 0.2) is 0 Å². The lowest BCUT2D eigenvalue weighted by Gasteiger charge is -2.30. The third-order valence-electron chi connectivity index (χ3n) is 2.73. The van der Waals surface area contributed by atoms with Gasteiger partial charge in [-0.25, -0.2) is 0 Å². The van der Waals surface area contributed by atoms with Gasteiger partial charge in [0.25, 0.3) is 0 Å². The molecule has 2 aliphatic rings. The van der Waals surface area contributed by atoms with E-state index in [9.17, 15) is 0 Å². The van der Waals surface area contributed by atoms with E-state index in [2.05, 4.69) is 12.2 Å². The molecular weight excluding hydrogens is 198 g/mol. The van der Waals surface area contributed by atoms with Gasteiger partial charge in [0.2, 0.25) is 0 Å². The number of allylic oxidation sites excluding steroid dienone is 2. The summed E-state index contributed by atoms with van der Waals surface area (Å²) in [5, 5.41) is 4.35. The van der Waals surface area contributed by atoms with Crippen LogP contribution in [0.25, 0.3) is 0 Å².